The molecule has 2 N–H and O–H groups in total. The summed E-state index contributed by atoms with van der Waals surface area (Å²) in [5.41, 5.74) is 0. The Morgan fingerprint density at radius 3 is 2.31 bits per heavy atom. The van der Waals surface area contributed by atoms with Gasteiger partial charge in [-0.2, -0.15) is 0 Å². The van der Waals surface area contributed by atoms with Gasteiger partial charge < -0.3 is 10.4 Å². The fourth-order valence-corrected chi connectivity index (χ4v) is 3.42. The molecule has 1 aliphatic rings. The number of rotatable bonds is 5. The Hall–Kier alpha value is -0.130. The third-order valence-electron chi connectivity index (χ3n) is 3.18. The smallest absolute Gasteiger partial charge is 0.148 e. The summed E-state index contributed by atoms with van der Waals surface area (Å²) in [5.74, 6) is 0.649. The first kappa shape index (κ1) is 13.9. The molecule has 0 aromatic carbocycles. The maximum Gasteiger partial charge on any atom is 0.148 e. The molecule has 4 nitrogen and oxygen atoms in total. The highest BCUT2D eigenvalue weighted by Crippen LogP contribution is 2.23. The zero-order chi connectivity index (χ0) is 12.2. The number of nitrogens with one attached hydrogen (secondary N) is 1. The normalized spacial score (nSPS) is 28.9. The summed E-state index contributed by atoms with van der Waals surface area (Å²) < 4.78 is 22.2. The van der Waals surface area contributed by atoms with Crippen molar-refractivity contribution in [3.8, 4) is 0 Å². The first-order valence-corrected chi connectivity index (χ1v) is 8.01. The fourth-order valence-electron chi connectivity index (χ4n) is 2.42. The van der Waals surface area contributed by atoms with Crippen LogP contribution in [-0.4, -0.2) is 44.2 Å². The standard InChI is InChI=1S/C11H23NO3S/c1-9(8-16(2,14)15)12-11-5-3-10(7-13)4-6-11/h9-13H,3-8H2,1-2H3. The van der Waals surface area contributed by atoms with Crippen LogP contribution in [0, 0.1) is 5.92 Å². The number of aliphatic hydroxyl groups is 1. The Balaban J connectivity index is 2.28. The zero-order valence-corrected chi connectivity index (χ0v) is 11.0. The lowest BCUT2D eigenvalue weighted by molar-refractivity contribution is 0.173. The molecule has 0 saturated heterocycles. The average molecular weight is 249 g/mol. The van der Waals surface area contributed by atoms with Gasteiger partial charge in [0.05, 0.1) is 5.75 Å². The first-order valence-electron chi connectivity index (χ1n) is 5.95. The maximum absolute atomic E-state index is 11.1. The molecule has 5 heteroatoms. The topological polar surface area (TPSA) is 66.4 Å². The van der Waals surface area contributed by atoms with Crippen LogP contribution in [0.4, 0.5) is 0 Å². The van der Waals surface area contributed by atoms with Crippen LogP contribution in [0.25, 0.3) is 0 Å². The molecule has 1 rings (SSSR count). The molecule has 1 fully saturated rings. The van der Waals surface area contributed by atoms with Crippen LogP contribution in [0.2, 0.25) is 0 Å². The second-order valence-electron chi connectivity index (χ2n) is 5.06. The van der Waals surface area contributed by atoms with E-state index in [1.165, 1.54) is 6.26 Å². The second kappa shape index (κ2) is 5.98. The van der Waals surface area contributed by atoms with Crippen LogP contribution in [0.15, 0.2) is 0 Å². The first-order chi connectivity index (χ1) is 7.40. The largest absolute Gasteiger partial charge is 0.396 e. The van der Waals surface area contributed by atoms with Gasteiger partial charge in [-0.25, -0.2) is 8.42 Å². The molecule has 0 aromatic rings. The summed E-state index contributed by atoms with van der Waals surface area (Å²) in [6, 6.07) is 0.435. The van der Waals surface area contributed by atoms with E-state index in [0.29, 0.717) is 12.0 Å². The van der Waals surface area contributed by atoms with E-state index >= 15 is 0 Å². The van der Waals surface area contributed by atoms with Gasteiger partial charge in [-0.3, -0.25) is 0 Å². The van der Waals surface area contributed by atoms with Crippen LogP contribution >= 0.6 is 0 Å². The molecule has 1 saturated carbocycles. The molecule has 0 amide bonds. The van der Waals surface area contributed by atoms with Gasteiger partial charge in [0, 0.05) is 24.9 Å². The number of hydrogen-bond acceptors (Lipinski definition) is 4. The van der Waals surface area contributed by atoms with E-state index in [4.69, 9.17) is 5.11 Å². The van der Waals surface area contributed by atoms with Gasteiger partial charge in [0.15, 0.2) is 0 Å². The quantitative estimate of drug-likeness (QED) is 0.747. The van der Waals surface area contributed by atoms with E-state index in [1.54, 1.807) is 0 Å². The Morgan fingerprint density at radius 2 is 1.88 bits per heavy atom. The fraction of sp³-hybridized carbons (Fsp3) is 1.00. The molecule has 0 bridgehead atoms. The Labute approximate surface area is 98.4 Å². The van der Waals surface area contributed by atoms with Gasteiger partial charge in [0.1, 0.15) is 9.84 Å². The van der Waals surface area contributed by atoms with Crippen molar-refractivity contribution in [2.24, 2.45) is 5.92 Å². The minimum absolute atomic E-state index is 0.0191. The van der Waals surface area contributed by atoms with Crippen LogP contribution in [0.1, 0.15) is 32.6 Å². The van der Waals surface area contributed by atoms with Gasteiger partial charge in [0.25, 0.3) is 0 Å². The highest BCUT2D eigenvalue weighted by molar-refractivity contribution is 7.90. The molecule has 0 aliphatic heterocycles. The lowest BCUT2D eigenvalue weighted by Crippen LogP contribution is -2.42. The number of aliphatic hydroxyl groups excluding tert-OH is 1. The van der Waals surface area contributed by atoms with Gasteiger partial charge in [-0.05, 0) is 38.5 Å². The van der Waals surface area contributed by atoms with Crippen molar-refractivity contribution in [3.05, 3.63) is 0 Å². The summed E-state index contributed by atoms with van der Waals surface area (Å²) in [4.78, 5) is 0. The molecule has 1 unspecified atom stereocenters. The van der Waals surface area contributed by atoms with Gasteiger partial charge >= 0.3 is 0 Å². The Morgan fingerprint density at radius 1 is 1.31 bits per heavy atom. The predicted octanol–water partition coefficient (Wildman–Crippen LogP) is 0.560. The lowest BCUT2D eigenvalue weighted by atomic mass is 9.86. The van der Waals surface area contributed by atoms with Crippen molar-refractivity contribution < 1.29 is 13.5 Å². The summed E-state index contributed by atoms with van der Waals surface area (Å²) >= 11 is 0. The minimum Gasteiger partial charge on any atom is -0.396 e. The average Bonchev–Trinajstić information content (AvgIpc) is 2.16. The minimum atomic E-state index is -2.89. The molecular formula is C11H23NO3S. The van der Waals surface area contributed by atoms with Crippen molar-refractivity contribution in [3.63, 3.8) is 0 Å². The van der Waals surface area contributed by atoms with Crippen LogP contribution in [0.5, 0.6) is 0 Å². The van der Waals surface area contributed by atoms with E-state index in [1.807, 2.05) is 6.92 Å². The molecule has 1 atom stereocenters. The molecule has 96 valence electrons. The van der Waals surface area contributed by atoms with E-state index in [-0.39, 0.29) is 18.4 Å². The summed E-state index contributed by atoms with van der Waals surface area (Å²) in [5, 5.41) is 12.4. The molecule has 16 heavy (non-hydrogen) atoms. The molecule has 0 heterocycles. The molecule has 0 spiro atoms. The van der Waals surface area contributed by atoms with Crippen molar-refractivity contribution in [2.75, 3.05) is 18.6 Å². The SMILES string of the molecule is CC(CS(C)(=O)=O)NC1CCC(CO)CC1. The van der Waals surface area contributed by atoms with Gasteiger partial charge in [-0.1, -0.05) is 0 Å². The van der Waals surface area contributed by atoms with E-state index < -0.39 is 9.84 Å². The van der Waals surface area contributed by atoms with E-state index in [2.05, 4.69) is 5.32 Å². The third kappa shape index (κ3) is 5.27. The number of sulfone groups is 1. The second-order valence-corrected chi connectivity index (χ2v) is 7.25. The predicted molar refractivity (Wildman–Crippen MR) is 65.1 cm³/mol. The molecule has 0 radical (unpaired) electrons. The summed E-state index contributed by atoms with van der Waals surface area (Å²) in [6.07, 6.45) is 5.44. The summed E-state index contributed by atoms with van der Waals surface area (Å²) in [6.45, 7) is 2.20. The van der Waals surface area contributed by atoms with Crippen molar-refractivity contribution >= 4 is 9.84 Å². The molecule has 0 aromatic heterocycles. The molecular weight excluding hydrogens is 226 g/mol. The molecule has 1 aliphatic carbocycles. The highest BCUT2D eigenvalue weighted by atomic mass is 32.2. The summed E-state index contributed by atoms with van der Waals surface area (Å²) in [7, 11) is -2.89. The maximum atomic E-state index is 11.1. The zero-order valence-electron chi connectivity index (χ0n) is 10.1. The van der Waals surface area contributed by atoms with Crippen LogP contribution in [-0.2, 0) is 9.84 Å². The Kier molecular flexibility index (Phi) is 5.21. The lowest BCUT2D eigenvalue weighted by Gasteiger charge is -2.30. The Bertz CT molecular complexity index is 294. The van der Waals surface area contributed by atoms with Crippen LogP contribution in [0.3, 0.4) is 0 Å². The van der Waals surface area contributed by atoms with Gasteiger partial charge in [0.2, 0.25) is 0 Å². The van der Waals surface area contributed by atoms with Gasteiger partial charge in [-0.15, -0.1) is 0 Å². The van der Waals surface area contributed by atoms with E-state index in [0.717, 1.165) is 25.7 Å². The van der Waals surface area contributed by atoms with Crippen molar-refractivity contribution in [1.29, 1.82) is 0 Å². The third-order valence-corrected chi connectivity index (χ3v) is 4.28. The monoisotopic (exact) mass is 249 g/mol. The van der Waals surface area contributed by atoms with E-state index in [9.17, 15) is 8.42 Å². The van der Waals surface area contributed by atoms with Crippen molar-refractivity contribution in [2.45, 2.75) is 44.7 Å². The van der Waals surface area contributed by atoms with Crippen LogP contribution < -0.4 is 5.32 Å². The highest BCUT2D eigenvalue weighted by Gasteiger charge is 2.22. The van der Waals surface area contributed by atoms with Crippen molar-refractivity contribution in [1.82, 2.24) is 5.32 Å². The number of hydrogen-bond donors (Lipinski definition) is 2.